The number of aliphatic hydroxyl groups is 2. The van der Waals surface area contributed by atoms with Crippen LogP contribution in [0.1, 0.15) is 70.1 Å². The van der Waals surface area contributed by atoms with Gasteiger partial charge in [-0.25, -0.2) is 0 Å². The first-order valence-corrected chi connectivity index (χ1v) is 12.6. The first-order valence-electron chi connectivity index (χ1n) is 11.8. The number of carboxylic acid groups (broad SMARTS) is 1. The fourth-order valence-electron chi connectivity index (χ4n) is 5.13. The van der Waals surface area contributed by atoms with E-state index in [1.807, 2.05) is 26.0 Å². The molecule has 1 aromatic carbocycles. The second kappa shape index (κ2) is 10.9. The monoisotopic (exact) mass is 460 g/mol. The molecule has 32 heavy (non-hydrogen) atoms. The number of hydrogen-bond acceptors (Lipinski definition) is 5. The number of carboxylic acids is 1. The molecule has 1 fully saturated rings. The van der Waals surface area contributed by atoms with Gasteiger partial charge < -0.3 is 15.3 Å². The molecule has 1 aromatic heterocycles. The Morgan fingerprint density at radius 1 is 1.12 bits per heavy atom. The van der Waals surface area contributed by atoms with E-state index in [0.717, 1.165) is 30.6 Å². The minimum Gasteiger partial charge on any atom is -0.481 e. The van der Waals surface area contributed by atoms with Crippen molar-refractivity contribution in [3.63, 3.8) is 0 Å². The normalized spacial score (nSPS) is 23.6. The van der Waals surface area contributed by atoms with Gasteiger partial charge in [0.25, 0.3) is 0 Å². The average Bonchev–Trinajstić information content (AvgIpc) is 3.21. The number of fused-ring (bicyclic) bond motifs is 1. The number of aliphatic hydroxyl groups excluding tert-OH is 2. The summed E-state index contributed by atoms with van der Waals surface area (Å²) in [5.41, 5.74) is -0.755. The number of Topliss-reactive ketones (excluding diaryl/α,β-unsaturated/α-hetero) is 1. The highest BCUT2D eigenvalue weighted by Crippen LogP contribution is 2.46. The summed E-state index contributed by atoms with van der Waals surface area (Å²) in [6.45, 7) is 3.65. The highest BCUT2D eigenvalue weighted by atomic mass is 32.1. The molecule has 2 aromatic rings. The van der Waals surface area contributed by atoms with E-state index in [2.05, 4.69) is 18.2 Å². The van der Waals surface area contributed by atoms with Gasteiger partial charge in [0.1, 0.15) is 5.78 Å². The molecule has 4 unspecified atom stereocenters. The number of ketones is 1. The highest BCUT2D eigenvalue weighted by molar-refractivity contribution is 7.19. The lowest BCUT2D eigenvalue weighted by Gasteiger charge is -2.25. The van der Waals surface area contributed by atoms with Crippen molar-refractivity contribution in [3.05, 3.63) is 35.2 Å². The zero-order valence-corrected chi connectivity index (χ0v) is 19.9. The van der Waals surface area contributed by atoms with Gasteiger partial charge >= 0.3 is 5.97 Å². The first-order chi connectivity index (χ1) is 15.2. The zero-order chi connectivity index (χ0) is 23.3. The quantitative estimate of drug-likeness (QED) is 0.378. The Labute approximate surface area is 194 Å². The van der Waals surface area contributed by atoms with Crippen molar-refractivity contribution < 1.29 is 24.9 Å². The van der Waals surface area contributed by atoms with Crippen LogP contribution in [-0.2, 0) is 16.0 Å². The predicted octanol–water partition coefficient (Wildman–Crippen LogP) is 5.21. The second-order valence-electron chi connectivity index (χ2n) is 9.83. The smallest absolute Gasteiger partial charge is 0.303 e. The van der Waals surface area contributed by atoms with Gasteiger partial charge in [-0.1, -0.05) is 51.3 Å². The Balaban J connectivity index is 1.53. The minimum absolute atomic E-state index is 0.125. The molecule has 1 aliphatic rings. The van der Waals surface area contributed by atoms with E-state index in [-0.39, 0.29) is 24.0 Å². The largest absolute Gasteiger partial charge is 0.481 e. The molecule has 0 aliphatic heterocycles. The Morgan fingerprint density at radius 2 is 1.84 bits per heavy atom. The molecule has 3 N–H and O–H groups in total. The number of carbonyl (C=O) groups excluding carboxylic acids is 1. The number of carbonyl (C=O) groups is 2. The molecule has 3 rings (SSSR count). The van der Waals surface area contributed by atoms with Crippen LogP contribution in [0.15, 0.2) is 30.3 Å². The molecule has 0 spiro atoms. The van der Waals surface area contributed by atoms with Crippen LogP contribution in [0.3, 0.4) is 0 Å². The number of hydrogen-bond donors (Lipinski definition) is 3. The van der Waals surface area contributed by atoms with E-state index in [9.17, 15) is 19.8 Å². The van der Waals surface area contributed by atoms with Crippen molar-refractivity contribution >= 4 is 33.2 Å². The number of benzene rings is 1. The molecular formula is C26H36O5S. The van der Waals surface area contributed by atoms with Gasteiger partial charge in [-0.15, -0.1) is 11.3 Å². The summed E-state index contributed by atoms with van der Waals surface area (Å²) in [5, 5.41) is 31.5. The summed E-state index contributed by atoms with van der Waals surface area (Å²) in [4.78, 5) is 24.8. The number of aliphatic carboxylic acids is 1. The van der Waals surface area contributed by atoms with E-state index in [4.69, 9.17) is 5.11 Å². The van der Waals surface area contributed by atoms with Crippen LogP contribution in [0.4, 0.5) is 0 Å². The molecule has 0 amide bonds. The average molecular weight is 461 g/mol. The van der Waals surface area contributed by atoms with Gasteiger partial charge in [0.2, 0.25) is 0 Å². The summed E-state index contributed by atoms with van der Waals surface area (Å²) in [6.07, 6.45) is 4.78. The van der Waals surface area contributed by atoms with Crippen molar-refractivity contribution in [2.45, 2.75) is 83.8 Å². The highest BCUT2D eigenvalue weighted by Gasteiger charge is 2.53. The summed E-state index contributed by atoms with van der Waals surface area (Å²) in [5.74, 6) is -0.959. The molecule has 1 saturated carbocycles. The van der Waals surface area contributed by atoms with Crippen LogP contribution in [0.5, 0.6) is 0 Å². The van der Waals surface area contributed by atoms with Gasteiger partial charge in [0.05, 0.1) is 12.2 Å². The van der Waals surface area contributed by atoms with Gasteiger partial charge in [-0.05, 0) is 49.1 Å². The SMILES string of the molecule is CC1(C)C(=O)C(CCCCCCC(=O)O)C(CCC(O)Cc2cc3ccccc3s2)C1O. The predicted molar refractivity (Wildman–Crippen MR) is 128 cm³/mol. The van der Waals surface area contributed by atoms with Crippen molar-refractivity contribution in [1.29, 1.82) is 0 Å². The third-order valence-corrected chi connectivity index (χ3v) is 8.17. The lowest BCUT2D eigenvalue weighted by molar-refractivity contribution is -0.137. The standard InChI is InChI=1S/C26H36O5S/c1-26(2)24(30)20(10-5-3-4-6-12-23(28)29)21(25(26)31)14-13-18(27)16-19-15-17-9-7-8-11-22(17)32-19/h7-9,11,15,18,20-21,25,27,31H,3-6,10,12-14,16H2,1-2H3,(H,28,29). The Kier molecular flexibility index (Phi) is 8.48. The summed E-state index contributed by atoms with van der Waals surface area (Å²) >= 11 is 1.70. The van der Waals surface area contributed by atoms with Crippen molar-refractivity contribution in [3.8, 4) is 0 Å². The molecule has 0 bridgehead atoms. The second-order valence-corrected chi connectivity index (χ2v) is 11.0. The van der Waals surface area contributed by atoms with Crippen molar-refractivity contribution in [2.24, 2.45) is 17.3 Å². The number of unbranched alkanes of at least 4 members (excludes halogenated alkanes) is 3. The minimum atomic E-state index is -0.768. The molecule has 5 nitrogen and oxygen atoms in total. The van der Waals surface area contributed by atoms with Crippen LogP contribution in [0, 0.1) is 17.3 Å². The molecule has 4 atom stereocenters. The Bertz CT molecular complexity index is 885. The number of thiophene rings is 1. The van der Waals surface area contributed by atoms with Crippen LogP contribution in [0.25, 0.3) is 10.1 Å². The van der Waals surface area contributed by atoms with Crippen molar-refractivity contribution in [2.75, 3.05) is 0 Å². The summed E-state index contributed by atoms with van der Waals surface area (Å²) in [7, 11) is 0. The summed E-state index contributed by atoms with van der Waals surface area (Å²) in [6, 6.07) is 10.3. The lowest BCUT2D eigenvalue weighted by Crippen LogP contribution is -2.32. The first kappa shape index (κ1) is 24.9. The Morgan fingerprint density at radius 3 is 2.56 bits per heavy atom. The Hall–Kier alpha value is -1.76. The maximum atomic E-state index is 13.0. The molecule has 0 radical (unpaired) electrons. The number of rotatable bonds is 12. The van der Waals surface area contributed by atoms with Gasteiger partial charge in [0.15, 0.2) is 0 Å². The molecule has 6 heteroatoms. The van der Waals surface area contributed by atoms with Gasteiger partial charge in [0, 0.05) is 33.8 Å². The zero-order valence-electron chi connectivity index (χ0n) is 19.1. The van der Waals surface area contributed by atoms with Crippen LogP contribution >= 0.6 is 11.3 Å². The molecular weight excluding hydrogens is 424 g/mol. The van der Waals surface area contributed by atoms with Crippen molar-refractivity contribution in [1.82, 2.24) is 0 Å². The molecule has 0 saturated heterocycles. The third kappa shape index (κ3) is 5.97. The van der Waals surface area contributed by atoms with Crippen LogP contribution < -0.4 is 0 Å². The van der Waals surface area contributed by atoms with Crippen LogP contribution in [-0.4, -0.2) is 39.3 Å². The maximum Gasteiger partial charge on any atom is 0.303 e. The van der Waals surface area contributed by atoms with Gasteiger partial charge in [-0.3, -0.25) is 9.59 Å². The molecule has 176 valence electrons. The fraction of sp³-hybridized carbons (Fsp3) is 0.615. The van der Waals surface area contributed by atoms with E-state index >= 15 is 0 Å². The fourth-order valence-corrected chi connectivity index (χ4v) is 6.26. The molecule has 1 aliphatic carbocycles. The van der Waals surface area contributed by atoms with E-state index in [1.54, 1.807) is 11.3 Å². The molecule has 1 heterocycles. The van der Waals surface area contributed by atoms with Gasteiger partial charge in [-0.2, -0.15) is 0 Å². The lowest BCUT2D eigenvalue weighted by atomic mass is 9.84. The third-order valence-electron chi connectivity index (χ3n) is 7.04. The topological polar surface area (TPSA) is 94.8 Å². The summed E-state index contributed by atoms with van der Waals surface area (Å²) < 4.78 is 1.22. The van der Waals surface area contributed by atoms with E-state index in [0.29, 0.717) is 25.7 Å². The van der Waals surface area contributed by atoms with Crippen LogP contribution in [0.2, 0.25) is 0 Å². The van der Waals surface area contributed by atoms with E-state index < -0.39 is 23.6 Å². The maximum absolute atomic E-state index is 13.0. The van der Waals surface area contributed by atoms with E-state index in [1.165, 1.54) is 10.1 Å².